The van der Waals surface area contributed by atoms with E-state index in [0.29, 0.717) is 5.92 Å². The van der Waals surface area contributed by atoms with E-state index in [1.165, 1.54) is 18.2 Å². The van der Waals surface area contributed by atoms with Crippen LogP contribution in [0.2, 0.25) is 5.02 Å². The molecule has 0 unspecified atom stereocenters. The smallest absolute Gasteiger partial charge is 0.251 e. The van der Waals surface area contributed by atoms with E-state index in [0.717, 1.165) is 13.0 Å². The molecule has 3 rings (SSSR count). The van der Waals surface area contributed by atoms with E-state index >= 15 is 0 Å². The van der Waals surface area contributed by atoms with Gasteiger partial charge in [-0.05, 0) is 38.7 Å². The average Bonchev–Trinajstić information content (AvgIpc) is 2.82. The number of benzene rings is 1. The van der Waals surface area contributed by atoms with Crippen LogP contribution in [0.25, 0.3) is 0 Å². The van der Waals surface area contributed by atoms with Gasteiger partial charge in [-0.15, -0.1) is 0 Å². The van der Waals surface area contributed by atoms with E-state index in [1.807, 2.05) is 14.1 Å². The molecule has 1 aromatic carbocycles. The van der Waals surface area contributed by atoms with Gasteiger partial charge in [0, 0.05) is 18.1 Å². The Morgan fingerprint density at radius 3 is 2.90 bits per heavy atom. The zero-order valence-corrected chi connectivity index (χ0v) is 12.7. The van der Waals surface area contributed by atoms with Gasteiger partial charge < -0.3 is 15.0 Å². The molecule has 0 spiro atoms. The van der Waals surface area contributed by atoms with Crippen LogP contribution in [-0.2, 0) is 4.74 Å². The van der Waals surface area contributed by atoms with Gasteiger partial charge in [0.2, 0.25) is 0 Å². The minimum Gasteiger partial charge on any atom is -0.376 e. The molecular weight excluding hydrogens is 295 g/mol. The van der Waals surface area contributed by atoms with Crippen LogP contribution in [0.3, 0.4) is 0 Å². The van der Waals surface area contributed by atoms with Crippen LogP contribution in [0.5, 0.6) is 0 Å². The lowest BCUT2D eigenvalue weighted by atomic mass is 9.71. The molecule has 1 heterocycles. The highest BCUT2D eigenvalue weighted by Gasteiger charge is 2.55. The number of nitrogens with zero attached hydrogens (tertiary/aromatic N) is 1. The van der Waals surface area contributed by atoms with E-state index < -0.39 is 5.82 Å². The molecule has 1 aliphatic heterocycles. The van der Waals surface area contributed by atoms with Gasteiger partial charge in [-0.3, -0.25) is 4.79 Å². The number of hydrogen-bond acceptors (Lipinski definition) is 3. The van der Waals surface area contributed by atoms with Gasteiger partial charge in [-0.2, -0.15) is 0 Å². The number of carbonyl (C=O) groups excluding carboxylic acids is 1. The zero-order valence-electron chi connectivity index (χ0n) is 12.0. The van der Waals surface area contributed by atoms with Gasteiger partial charge in [-0.25, -0.2) is 4.39 Å². The third kappa shape index (κ3) is 2.54. The number of halogens is 2. The number of likely N-dealkylation sites (N-methyl/N-ethyl adjacent to an activating group) is 1. The molecule has 1 saturated carbocycles. The number of rotatable bonds is 3. The minimum absolute atomic E-state index is 0.0191. The SMILES string of the molecule is CN(C)[C@@H]1[C@@H](NC(=O)c2ccc(Cl)c(F)c2)[C@H]2CCO[C@H]21. The lowest BCUT2D eigenvalue weighted by molar-refractivity contribution is -0.0664. The molecule has 114 valence electrons. The lowest BCUT2D eigenvalue weighted by Crippen LogP contribution is -2.69. The van der Waals surface area contributed by atoms with E-state index in [9.17, 15) is 9.18 Å². The Kier molecular flexibility index (Phi) is 3.90. The van der Waals surface area contributed by atoms with Gasteiger partial charge in [0.1, 0.15) is 5.82 Å². The summed E-state index contributed by atoms with van der Waals surface area (Å²) in [5.74, 6) is -0.504. The van der Waals surface area contributed by atoms with Crippen molar-refractivity contribution in [3.05, 3.63) is 34.6 Å². The second kappa shape index (κ2) is 5.55. The number of nitrogens with one attached hydrogen (secondary N) is 1. The van der Waals surface area contributed by atoms with Crippen molar-refractivity contribution in [1.29, 1.82) is 0 Å². The maximum atomic E-state index is 13.5. The third-order valence-electron chi connectivity index (χ3n) is 4.43. The molecule has 2 fully saturated rings. The van der Waals surface area contributed by atoms with Crippen LogP contribution in [0.1, 0.15) is 16.8 Å². The highest BCUT2D eigenvalue weighted by molar-refractivity contribution is 6.30. The Morgan fingerprint density at radius 1 is 1.48 bits per heavy atom. The molecule has 21 heavy (non-hydrogen) atoms. The Labute approximate surface area is 128 Å². The van der Waals surface area contributed by atoms with Gasteiger partial charge in [0.15, 0.2) is 0 Å². The predicted molar refractivity (Wildman–Crippen MR) is 78.0 cm³/mol. The summed E-state index contributed by atoms with van der Waals surface area (Å²) in [5, 5.41) is 3.03. The van der Waals surface area contributed by atoms with Crippen molar-refractivity contribution in [2.24, 2.45) is 5.92 Å². The Hall–Kier alpha value is -1.17. The Morgan fingerprint density at radius 2 is 2.24 bits per heavy atom. The fourth-order valence-electron chi connectivity index (χ4n) is 3.36. The summed E-state index contributed by atoms with van der Waals surface area (Å²) in [6.07, 6.45) is 1.14. The largest absolute Gasteiger partial charge is 0.376 e. The summed E-state index contributed by atoms with van der Waals surface area (Å²) in [6.45, 7) is 0.738. The van der Waals surface area contributed by atoms with Crippen LogP contribution < -0.4 is 5.32 Å². The van der Waals surface area contributed by atoms with Crippen molar-refractivity contribution < 1.29 is 13.9 Å². The Bertz CT molecular complexity index is 567. The molecule has 0 bridgehead atoms. The molecule has 2 aliphatic rings. The predicted octanol–water partition coefficient (Wildman–Crippen LogP) is 1.93. The number of hydrogen-bond donors (Lipinski definition) is 1. The van der Waals surface area contributed by atoms with Crippen LogP contribution >= 0.6 is 11.6 Å². The number of ether oxygens (including phenoxy) is 1. The third-order valence-corrected chi connectivity index (χ3v) is 4.73. The summed E-state index contributed by atoms with van der Waals surface area (Å²) in [6, 6.07) is 4.31. The van der Waals surface area contributed by atoms with E-state index in [2.05, 4.69) is 10.2 Å². The zero-order chi connectivity index (χ0) is 15.1. The lowest BCUT2D eigenvalue weighted by Gasteiger charge is -2.50. The van der Waals surface area contributed by atoms with Gasteiger partial charge in [-0.1, -0.05) is 11.6 Å². The fourth-order valence-corrected chi connectivity index (χ4v) is 3.47. The van der Waals surface area contributed by atoms with Crippen molar-refractivity contribution in [3.63, 3.8) is 0 Å². The standard InChI is InChI=1S/C15H18ClFN2O2/c1-19(2)13-12(9-5-6-21-14(9)13)18-15(20)8-3-4-10(16)11(17)7-8/h3-4,7,9,12-14H,5-6H2,1-2H3,(H,18,20)/t9-,12+,13-,14-/m1/s1. The van der Waals surface area contributed by atoms with Crippen LogP contribution in [-0.4, -0.2) is 49.7 Å². The molecule has 0 aromatic heterocycles. The quantitative estimate of drug-likeness (QED) is 0.927. The van der Waals surface area contributed by atoms with Gasteiger partial charge in [0.05, 0.1) is 23.2 Å². The number of amides is 1. The molecule has 4 atom stereocenters. The Balaban J connectivity index is 1.73. The van der Waals surface area contributed by atoms with Crippen LogP contribution in [0.15, 0.2) is 18.2 Å². The van der Waals surface area contributed by atoms with Crippen molar-refractivity contribution in [2.45, 2.75) is 24.6 Å². The summed E-state index contributed by atoms with van der Waals surface area (Å²) in [7, 11) is 3.95. The highest BCUT2D eigenvalue weighted by Crippen LogP contribution is 2.41. The molecule has 1 aromatic rings. The topological polar surface area (TPSA) is 41.6 Å². The monoisotopic (exact) mass is 312 g/mol. The van der Waals surface area contributed by atoms with Gasteiger partial charge in [0.25, 0.3) is 5.91 Å². The summed E-state index contributed by atoms with van der Waals surface area (Å²) < 4.78 is 19.2. The van der Waals surface area contributed by atoms with Crippen molar-refractivity contribution in [2.75, 3.05) is 20.7 Å². The van der Waals surface area contributed by atoms with E-state index in [4.69, 9.17) is 16.3 Å². The van der Waals surface area contributed by atoms with Crippen molar-refractivity contribution in [3.8, 4) is 0 Å². The first-order chi connectivity index (χ1) is 9.99. The van der Waals surface area contributed by atoms with Gasteiger partial charge >= 0.3 is 0 Å². The molecule has 6 heteroatoms. The molecule has 1 amide bonds. The number of carbonyl (C=O) groups is 1. The molecule has 1 aliphatic carbocycles. The highest BCUT2D eigenvalue weighted by atomic mass is 35.5. The fraction of sp³-hybridized carbons (Fsp3) is 0.533. The first kappa shape index (κ1) is 14.8. The van der Waals surface area contributed by atoms with Crippen molar-refractivity contribution >= 4 is 17.5 Å². The summed E-state index contributed by atoms with van der Waals surface area (Å²) >= 11 is 5.64. The molecular formula is C15H18ClFN2O2. The average molecular weight is 313 g/mol. The van der Waals surface area contributed by atoms with Crippen LogP contribution in [0, 0.1) is 11.7 Å². The minimum atomic E-state index is -0.579. The van der Waals surface area contributed by atoms with Crippen molar-refractivity contribution in [1.82, 2.24) is 10.2 Å². The summed E-state index contributed by atoms with van der Waals surface area (Å²) in [5.41, 5.74) is 0.289. The maximum Gasteiger partial charge on any atom is 0.251 e. The maximum absolute atomic E-state index is 13.5. The first-order valence-corrected chi connectivity index (χ1v) is 7.41. The normalized spacial score (nSPS) is 30.9. The van der Waals surface area contributed by atoms with Crippen LogP contribution in [0.4, 0.5) is 4.39 Å². The molecule has 1 saturated heterocycles. The molecule has 0 radical (unpaired) electrons. The molecule has 4 nitrogen and oxygen atoms in total. The second-order valence-corrected chi connectivity index (χ2v) is 6.28. The van der Waals surface area contributed by atoms with E-state index in [1.54, 1.807) is 0 Å². The second-order valence-electron chi connectivity index (χ2n) is 5.87. The number of fused-ring (bicyclic) bond motifs is 1. The first-order valence-electron chi connectivity index (χ1n) is 7.03. The van der Waals surface area contributed by atoms with E-state index in [-0.39, 0.29) is 34.7 Å². The molecule has 1 N–H and O–H groups in total. The summed E-state index contributed by atoms with van der Waals surface area (Å²) in [4.78, 5) is 14.4.